The number of allylic oxidation sites excluding steroid dienone is 1. The quantitative estimate of drug-likeness (QED) is 0.383. The van der Waals surface area contributed by atoms with Crippen molar-refractivity contribution in [3.05, 3.63) is 119 Å². The highest BCUT2D eigenvalue weighted by Crippen LogP contribution is 2.33. The fourth-order valence-corrected chi connectivity index (χ4v) is 3.85. The number of amides is 1. The number of carbonyl (C=O) groups is 1. The minimum absolute atomic E-state index is 0.172. The first kappa shape index (κ1) is 20.7. The summed E-state index contributed by atoms with van der Waals surface area (Å²) in [6, 6.07) is 27.2. The Hall–Kier alpha value is -4.16. The van der Waals surface area contributed by atoms with E-state index < -0.39 is 0 Å². The number of nitrogens with one attached hydrogen (secondary N) is 2. The van der Waals surface area contributed by atoms with Crippen LogP contribution in [0.1, 0.15) is 22.7 Å². The number of aromatic nitrogens is 3. The molecule has 3 aromatic carbocycles. The van der Waals surface area contributed by atoms with Gasteiger partial charge in [0.2, 0.25) is 5.95 Å². The summed E-state index contributed by atoms with van der Waals surface area (Å²) in [5.74, 6) is 0.427. The van der Waals surface area contributed by atoms with Crippen LogP contribution in [0.2, 0.25) is 5.02 Å². The van der Waals surface area contributed by atoms with Gasteiger partial charge in [-0.05, 0) is 34.9 Å². The van der Waals surface area contributed by atoms with Gasteiger partial charge in [0, 0.05) is 16.8 Å². The molecule has 0 radical (unpaired) electrons. The van der Waals surface area contributed by atoms with E-state index in [0.717, 1.165) is 22.4 Å². The first-order chi connectivity index (χ1) is 16.2. The van der Waals surface area contributed by atoms with E-state index in [9.17, 15) is 4.79 Å². The van der Waals surface area contributed by atoms with Gasteiger partial charge in [-0.3, -0.25) is 10.1 Å². The summed E-state index contributed by atoms with van der Waals surface area (Å²) in [6.07, 6.45) is 5.18. The number of rotatable bonds is 5. The van der Waals surface area contributed by atoms with Crippen LogP contribution in [0.4, 0.5) is 11.9 Å². The second kappa shape index (κ2) is 9.14. The number of carbonyl (C=O) groups excluding carboxylic acids is 1. The maximum absolute atomic E-state index is 12.5. The molecule has 0 bridgehead atoms. The lowest BCUT2D eigenvalue weighted by molar-refractivity contribution is -0.111. The minimum atomic E-state index is -0.342. The van der Waals surface area contributed by atoms with Crippen molar-refractivity contribution in [1.29, 1.82) is 0 Å². The van der Waals surface area contributed by atoms with Crippen molar-refractivity contribution in [3.8, 4) is 0 Å². The lowest BCUT2D eigenvalue weighted by Crippen LogP contribution is -2.20. The fraction of sp³-hybridized carbons (Fsp3) is 0.0385. The van der Waals surface area contributed by atoms with Gasteiger partial charge in [-0.1, -0.05) is 90.5 Å². The summed E-state index contributed by atoms with van der Waals surface area (Å²) in [5, 5.41) is 11.2. The molecule has 0 fully saturated rings. The Morgan fingerprint density at radius 2 is 1.67 bits per heavy atom. The molecule has 7 heteroatoms. The standard InChI is InChI=1S/C26H20ClN5O/c27-21-14-8-7-9-18(21)15-16-24(33)29-25-30-26-28-22(19-10-3-1-4-11-19)17-23(32(26)31-25)20-12-5-2-6-13-20/h1-17,23H,(H2,28,29,30,31,33)/b16-15+/t23-/m1/s1. The van der Waals surface area contributed by atoms with Crippen molar-refractivity contribution >= 4 is 41.2 Å². The molecule has 4 aromatic rings. The third kappa shape index (κ3) is 4.56. The average Bonchev–Trinajstić information content (AvgIpc) is 3.26. The maximum Gasteiger partial charge on any atom is 0.250 e. The summed E-state index contributed by atoms with van der Waals surface area (Å²) in [5.41, 5.74) is 3.80. The molecular formula is C26H20ClN5O. The lowest BCUT2D eigenvalue weighted by Gasteiger charge is -2.24. The minimum Gasteiger partial charge on any atom is -0.324 e. The van der Waals surface area contributed by atoms with Crippen molar-refractivity contribution < 1.29 is 4.79 Å². The third-order valence-electron chi connectivity index (χ3n) is 5.25. The molecule has 1 aliphatic rings. The van der Waals surface area contributed by atoms with Gasteiger partial charge in [0.05, 0.1) is 0 Å². The van der Waals surface area contributed by atoms with E-state index in [0.29, 0.717) is 11.0 Å². The monoisotopic (exact) mass is 453 g/mol. The SMILES string of the molecule is O=C(/C=C/c1ccccc1Cl)Nc1nc2n(n1)[C@@H](c1ccccc1)C=C(c1ccccc1)N2. The van der Waals surface area contributed by atoms with Gasteiger partial charge in [0.1, 0.15) is 6.04 Å². The zero-order chi connectivity index (χ0) is 22.6. The number of halogens is 1. The zero-order valence-electron chi connectivity index (χ0n) is 17.5. The van der Waals surface area contributed by atoms with Crippen molar-refractivity contribution in [3.63, 3.8) is 0 Å². The Balaban J connectivity index is 1.42. The molecule has 5 rings (SSSR count). The molecule has 6 nitrogen and oxygen atoms in total. The number of benzene rings is 3. The van der Waals surface area contributed by atoms with Gasteiger partial charge in [-0.25, -0.2) is 4.68 Å². The molecule has 0 spiro atoms. The van der Waals surface area contributed by atoms with Crippen LogP contribution in [-0.4, -0.2) is 20.7 Å². The van der Waals surface area contributed by atoms with Gasteiger partial charge in [0.25, 0.3) is 11.9 Å². The second-order valence-electron chi connectivity index (χ2n) is 7.47. The predicted octanol–water partition coefficient (Wildman–Crippen LogP) is 5.64. The molecule has 2 N–H and O–H groups in total. The lowest BCUT2D eigenvalue weighted by atomic mass is 10.0. The molecular weight excluding hydrogens is 434 g/mol. The van der Waals surface area contributed by atoms with Crippen LogP contribution < -0.4 is 10.6 Å². The first-order valence-corrected chi connectivity index (χ1v) is 10.8. The highest BCUT2D eigenvalue weighted by molar-refractivity contribution is 6.32. The van der Waals surface area contributed by atoms with E-state index in [1.54, 1.807) is 16.8 Å². The molecule has 162 valence electrons. The first-order valence-electron chi connectivity index (χ1n) is 10.5. The number of hydrogen-bond acceptors (Lipinski definition) is 4. The third-order valence-corrected chi connectivity index (χ3v) is 5.59. The van der Waals surface area contributed by atoms with Crippen LogP contribution in [-0.2, 0) is 4.79 Å². The van der Waals surface area contributed by atoms with Gasteiger partial charge < -0.3 is 5.32 Å². The molecule has 0 saturated heterocycles. The summed E-state index contributed by atoms with van der Waals surface area (Å²) >= 11 is 6.15. The summed E-state index contributed by atoms with van der Waals surface area (Å²) < 4.78 is 1.77. The van der Waals surface area contributed by atoms with Crippen molar-refractivity contribution in [2.24, 2.45) is 0 Å². The molecule has 1 atom stereocenters. The average molecular weight is 454 g/mol. The number of fused-ring (bicyclic) bond motifs is 1. The second-order valence-corrected chi connectivity index (χ2v) is 7.88. The molecule has 33 heavy (non-hydrogen) atoms. The van der Waals surface area contributed by atoms with Gasteiger partial charge in [-0.2, -0.15) is 4.98 Å². The summed E-state index contributed by atoms with van der Waals surface area (Å²) in [7, 11) is 0. The molecule has 1 amide bonds. The highest BCUT2D eigenvalue weighted by atomic mass is 35.5. The van der Waals surface area contributed by atoms with E-state index in [1.165, 1.54) is 6.08 Å². The predicted molar refractivity (Wildman–Crippen MR) is 132 cm³/mol. The van der Waals surface area contributed by atoms with E-state index in [2.05, 4.69) is 26.8 Å². The fourth-order valence-electron chi connectivity index (χ4n) is 3.65. The van der Waals surface area contributed by atoms with Crippen molar-refractivity contribution in [2.45, 2.75) is 6.04 Å². The highest BCUT2D eigenvalue weighted by Gasteiger charge is 2.25. The zero-order valence-corrected chi connectivity index (χ0v) is 18.3. The van der Waals surface area contributed by atoms with Gasteiger partial charge >= 0.3 is 0 Å². The van der Waals surface area contributed by atoms with E-state index in [4.69, 9.17) is 11.6 Å². The Morgan fingerprint density at radius 1 is 0.970 bits per heavy atom. The number of hydrogen-bond donors (Lipinski definition) is 2. The van der Waals surface area contributed by atoms with Crippen LogP contribution in [0.15, 0.2) is 97.1 Å². The van der Waals surface area contributed by atoms with Crippen LogP contribution in [0.5, 0.6) is 0 Å². The van der Waals surface area contributed by atoms with Crippen molar-refractivity contribution in [2.75, 3.05) is 10.6 Å². The smallest absolute Gasteiger partial charge is 0.250 e. The van der Waals surface area contributed by atoms with E-state index in [1.807, 2.05) is 78.9 Å². The van der Waals surface area contributed by atoms with Crippen molar-refractivity contribution in [1.82, 2.24) is 14.8 Å². The van der Waals surface area contributed by atoms with Crippen LogP contribution in [0.3, 0.4) is 0 Å². The number of nitrogens with zero attached hydrogens (tertiary/aromatic N) is 3. The Kier molecular flexibility index (Phi) is 5.74. The molecule has 0 saturated carbocycles. The van der Waals surface area contributed by atoms with Gasteiger partial charge in [-0.15, -0.1) is 5.10 Å². The molecule has 0 aliphatic carbocycles. The molecule has 0 unspecified atom stereocenters. The van der Waals surface area contributed by atoms with Gasteiger partial charge in [0.15, 0.2) is 0 Å². The van der Waals surface area contributed by atoms with Crippen LogP contribution in [0, 0.1) is 0 Å². The summed E-state index contributed by atoms with van der Waals surface area (Å²) in [4.78, 5) is 17.0. The van der Waals surface area contributed by atoms with E-state index >= 15 is 0 Å². The van der Waals surface area contributed by atoms with E-state index in [-0.39, 0.29) is 17.9 Å². The Bertz CT molecular complexity index is 1350. The van der Waals surface area contributed by atoms with Crippen LogP contribution in [0.25, 0.3) is 11.8 Å². The maximum atomic E-state index is 12.5. The Labute approximate surface area is 196 Å². The summed E-state index contributed by atoms with van der Waals surface area (Å²) in [6.45, 7) is 0. The van der Waals surface area contributed by atoms with Crippen LogP contribution >= 0.6 is 11.6 Å². The molecule has 1 aliphatic heterocycles. The molecule has 2 heterocycles. The number of anilines is 2. The molecule has 1 aromatic heterocycles. The normalized spacial score (nSPS) is 14.9. The Morgan fingerprint density at radius 3 is 2.42 bits per heavy atom. The largest absolute Gasteiger partial charge is 0.324 e. The topological polar surface area (TPSA) is 71.8 Å².